The monoisotopic (exact) mass is 280 g/mol. The molecule has 0 amide bonds. The van der Waals surface area contributed by atoms with Crippen LogP contribution in [0, 0.1) is 11.3 Å². The second-order valence-corrected chi connectivity index (χ2v) is 5.34. The first-order chi connectivity index (χ1) is 10.2. The van der Waals surface area contributed by atoms with Gasteiger partial charge < -0.3 is 9.32 Å². The molecule has 0 saturated heterocycles. The highest BCUT2D eigenvalue weighted by atomic mass is 16.3. The number of benzene rings is 1. The molecule has 1 saturated carbocycles. The van der Waals surface area contributed by atoms with E-state index in [4.69, 9.17) is 9.68 Å². The largest absolute Gasteiger partial charge is 0.467 e. The number of hydrogen-bond acceptors (Lipinski definition) is 4. The summed E-state index contributed by atoms with van der Waals surface area (Å²) in [5.41, 5.74) is 2.06. The van der Waals surface area contributed by atoms with Gasteiger partial charge in [-0.3, -0.25) is 4.79 Å². The highest BCUT2D eigenvalue weighted by molar-refractivity contribution is 6.00. The molecule has 4 nitrogen and oxygen atoms in total. The Morgan fingerprint density at radius 1 is 1.43 bits per heavy atom. The van der Waals surface area contributed by atoms with E-state index in [1.807, 2.05) is 12.1 Å². The van der Waals surface area contributed by atoms with Gasteiger partial charge in [0, 0.05) is 17.3 Å². The molecule has 1 fully saturated rings. The maximum absolute atomic E-state index is 11.9. The number of hydrogen-bond donors (Lipinski definition) is 0. The zero-order chi connectivity index (χ0) is 14.8. The molecule has 1 aromatic carbocycles. The van der Waals surface area contributed by atoms with Gasteiger partial charge in [0.05, 0.1) is 24.4 Å². The summed E-state index contributed by atoms with van der Waals surface area (Å²) in [4.78, 5) is 14.1. The molecule has 0 N–H and O–H groups in total. The van der Waals surface area contributed by atoms with Gasteiger partial charge in [0.2, 0.25) is 0 Å². The van der Waals surface area contributed by atoms with Crippen molar-refractivity contribution in [2.75, 3.05) is 4.90 Å². The Morgan fingerprint density at radius 3 is 2.81 bits per heavy atom. The minimum atomic E-state index is 0.0135. The van der Waals surface area contributed by atoms with Gasteiger partial charge in [-0.1, -0.05) is 0 Å². The number of nitrogens with zero attached hydrogens (tertiary/aromatic N) is 2. The first-order valence-electron chi connectivity index (χ1n) is 7.03. The quantitative estimate of drug-likeness (QED) is 0.786. The molecule has 106 valence electrons. The maximum Gasteiger partial charge on any atom is 0.161 e. The van der Waals surface area contributed by atoms with E-state index >= 15 is 0 Å². The summed E-state index contributed by atoms with van der Waals surface area (Å²) in [6, 6.07) is 11.6. The molecule has 0 aliphatic heterocycles. The molecule has 1 aliphatic rings. The van der Waals surface area contributed by atoms with Crippen molar-refractivity contribution in [3.05, 3.63) is 53.5 Å². The average Bonchev–Trinajstić information content (AvgIpc) is 3.20. The second-order valence-electron chi connectivity index (χ2n) is 5.34. The van der Waals surface area contributed by atoms with Crippen LogP contribution in [0.15, 0.2) is 41.0 Å². The molecule has 4 heteroatoms. The van der Waals surface area contributed by atoms with Crippen molar-refractivity contribution in [1.82, 2.24) is 0 Å². The third-order valence-electron chi connectivity index (χ3n) is 3.71. The van der Waals surface area contributed by atoms with Gasteiger partial charge in [-0.2, -0.15) is 5.26 Å². The molecular weight excluding hydrogens is 264 g/mol. The smallest absolute Gasteiger partial charge is 0.161 e. The Kier molecular flexibility index (Phi) is 3.49. The van der Waals surface area contributed by atoms with Crippen LogP contribution >= 0.6 is 0 Å². The predicted octanol–water partition coefficient (Wildman–Crippen LogP) is 3.52. The number of carbonyl (C=O) groups excluding carboxylic acids is 1. The van der Waals surface area contributed by atoms with Crippen LogP contribution in [-0.2, 0) is 6.54 Å². The molecule has 0 unspecified atom stereocenters. The predicted molar refractivity (Wildman–Crippen MR) is 79.1 cm³/mol. The molecule has 3 rings (SSSR count). The van der Waals surface area contributed by atoms with Crippen LogP contribution in [-0.4, -0.2) is 11.8 Å². The standard InChI is InChI=1S/C17H16N2O2/c1-12(20)16-7-4-13(10-18)9-17(16)19(14-5-6-14)11-15-3-2-8-21-15/h2-4,7-9,14H,5-6,11H2,1H3. The Morgan fingerprint density at radius 2 is 2.24 bits per heavy atom. The molecule has 1 heterocycles. The highest BCUT2D eigenvalue weighted by Gasteiger charge is 2.31. The number of rotatable bonds is 5. The molecule has 0 bridgehead atoms. The minimum Gasteiger partial charge on any atom is -0.467 e. The van der Waals surface area contributed by atoms with Crippen LogP contribution in [0.4, 0.5) is 5.69 Å². The lowest BCUT2D eigenvalue weighted by Gasteiger charge is -2.26. The van der Waals surface area contributed by atoms with Gasteiger partial charge in [-0.05, 0) is 50.1 Å². The van der Waals surface area contributed by atoms with Crippen molar-refractivity contribution >= 4 is 11.5 Å². The number of Topliss-reactive ketones (excluding diaryl/α,β-unsaturated/α-hetero) is 1. The van der Waals surface area contributed by atoms with Gasteiger partial charge in [0.1, 0.15) is 5.76 Å². The van der Waals surface area contributed by atoms with Gasteiger partial charge in [-0.25, -0.2) is 0 Å². The summed E-state index contributed by atoms with van der Waals surface area (Å²) < 4.78 is 5.43. The molecule has 0 atom stereocenters. The molecule has 0 spiro atoms. The first kappa shape index (κ1) is 13.4. The molecule has 0 radical (unpaired) electrons. The third kappa shape index (κ3) is 2.82. The maximum atomic E-state index is 11.9. The van der Waals surface area contributed by atoms with E-state index in [1.54, 1.807) is 31.4 Å². The van der Waals surface area contributed by atoms with E-state index in [-0.39, 0.29) is 5.78 Å². The Bertz CT molecular complexity index is 694. The summed E-state index contributed by atoms with van der Waals surface area (Å²) in [7, 11) is 0. The van der Waals surface area contributed by atoms with Crippen LogP contribution in [0.1, 0.15) is 41.4 Å². The topological polar surface area (TPSA) is 57.2 Å². The fourth-order valence-electron chi connectivity index (χ4n) is 2.50. The Labute approximate surface area is 123 Å². The first-order valence-corrected chi connectivity index (χ1v) is 7.03. The van der Waals surface area contributed by atoms with Crippen LogP contribution < -0.4 is 4.90 Å². The summed E-state index contributed by atoms with van der Waals surface area (Å²) in [5, 5.41) is 9.11. The van der Waals surface area contributed by atoms with E-state index in [0.717, 1.165) is 24.3 Å². The van der Waals surface area contributed by atoms with Gasteiger partial charge >= 0.3 is 0 Å². The number of furan rings is 1. The molecule has 1 aliphatic carbocycles. The lowest BCUT2D eigenvalue weighted by Crippen LogP contribution is -2.26. The van der Waals surface area contributed by atoms with Gasteiger partial charge in [-0.15, -0.1) is 0 Å². The zero-order valence-corrected chi connectivity index (χ0v) is 11.9. The summed E-state index contributed by atoms with van der Waals surface area (Å²) in [6.07, 6.45) is 3.86. The molecular formula is C17H16N2O2. The van der Waals surface area contributed by atoms with Crippen molar-refractivity contribution in [2.45, 2.75) is 32.4 Å². The number of nitriles is 1. The van der Waals surface area contributed by atoms with Crippen molar-refractivity contribution in [1.29, 1.82) is 5.26 Å². The van der Waals surface area contributed by atoms with E-state index in [2.05, 4.69) is 11.0 Å². The van der Waals surface area contributed by atoms with Crippen molar-refractivity contribution < 1.29 is 9.21 Å². The Balaban J connectivity index is 2.01. The average molecular weight is 280 g/mol. The lowest BCUT2D eigenvalue weighted by molar-refractivity contribution is 0.101. The van der Waals surface area contributed by atoms with Crippen molar-refractivity contribution in [2.24, 2.45) is 0 Å². The number of anilines is 1. The third-order valence-corrected chi connectivity index (χ3v) is 3.71. The van der Waals surface area contributed by atoms with Gasteiger partial charge in [0.25, 0.3) is 0 Å². The van der Waals surface area contributed by atoms with Gasteiger partial charge in [0.15, 0.2) is 5.78 Å². The number of ketones is 1. The van der Waals surface area contributed by atoms with E-state index in [0.29, 0.717) is 23.7 Å². The van der Waals surface area contributed by atoms with Crippen LogP contribution in [0.3, 0.4) is 0 Å². The van der Waals surface area contributed by atoms with Crippen LogP contribution in [0.25, 0.3) is 0 Å². The summed E-state index contributed by atoms with van der Waals surface area (Å²) in [5.74, 6) is 0.873. The summed E-state index contributed by atoms with van der Waals surface area (Å²) >= 11 is 0. The van der Waals surface area contributed by atoms with Crippen molar-refractivity contribution in [3.63, 3.8) is 0 Å². The van der Waals surface area contributed by atoms with E-state index < -0.39 is 0 Å². The molecule has 1 aromatic heterocycles. The minimum absolute atomic E-state index is 0.0135. The Hall–Kier alpha value is -2.54. The van der Waals surface area contributed by atoms with Crippen molar-refractivity contribution in [3.8, 4) is 6.07 Å². The SMILES string of the molecule is CC(=O)c1ccc(C#N)cc1N(Cc1ccco1)C1CC1. The molecule has 2 aromatic rings. The van der Waals surface area contributed by atoms with Crippen LogP contribution in [0.5, 0.6) is 0 Å². The summed E-state index contributed by atoms with van der Waals surface area (Å²) in [6.45, 7) is 2.18. The highest BCUT2D eigenvalue weighted by Crippen LogP contribution is 2.35. The van der Waals surface area contributed by atoms with Crippen LogP contribution in [0.2, 0.25) is 0 Å². The number of carbonyl (C=O) groups is 1. The zero-order valence-electron chi connectivity index (χ0n) is 11.9. The van der Waals surface area contributed by atoms with E-state index in [9.17, 15) is 4.79 Å². The van der Waals surface area contributed by atoms with E-state index in [1.165, 1.54) is 0 Å². The second kappa shape index (κ2) is 5.45. The normalized spacial score (nSPS) is 13.7. The lowest BCUT2D eigenvalue weighted by atomic mass is 10.0. The molecule has 21 heavy (non-hydrogen) atoms. The fraction of sp³-hybridized carbons (Fsp3) is 0.294. The fourth-order valence-corrected chi connectivity index (χ4v) is 2.50.